The van der Waals surface area contributed by atoms with Gasteiger partial charge in [-0.1, -0.05) is 24.3 Å². The molecule has 2 aromatic heterocycles. The normalized spacial score (nSPS) is 25.2. The summed E-state index contributed by atoms with van der Waals surface area (Å²) in [4.78, 5) is 3.89. The van der Waals surface area contributed by atoms with E-state index in [2.05, 4.69) is 50.8 Å². The van der Waals surface area contributed by atoms with Crippen LogP contribution in [0, 0.1) is 5.92 Å². The molecule has 6 rings (SSSR count). The first kappa shape index (κ1) is 19.7. The molecule has 7 heteroatoms. The number of nitrogens with zero attached hydrogens (tertiary/aromatic N) is 3. The molecule has 156 valence electrons. The van der Waals surface area contributed by atoms with E-state index >= 15 is 0 Å². The van der Waals surface area contributed by atoms with E-state index in [0.717, 1.165) is 24.5 Å². The second-order valence-electron chi connectivity index (χ2n) is 8.30. The topological polar surface area (TPSA) is 45.1 Å². The monoisotopic (exact) mass is 437 g/mol. The van der Waals surface area contributed by atoms with E-state index in [4.69, 9.17) is 17.3 Å². The highest BCUT2D eigenvalue weighted by Gasteiger charge is 2.41. The molecular formula is C23H27N5S2. The number of anilines is 1. The number of fused-ring (bicyclic) bond motifs is 3. The number of benzene rings is 1. The number of thiocarbonyl (C=S) groups is 1. The Morgan fingerprint density at radius 2 is 2.10 bits per heavy atom. The standard InChI is InChI=1S/C23H27N5S2/c1-27-21(13-20(26-27)22-8-5-11-30-22)19-15-28-10-9-16(19)12-18(28)14-24-23(29)25-17-6-3-2-4-7-17/h2-8,11,13,16,18-19H,9-10,12,14-15H2,1H3,(H2,24,25,29)/t16-,18+,19-/m0/s1. The smallest absolute Gasteiger partial charge is 0.170 e. The molecule has 2 bridgehead atoms. The molecule has 0 spiro atoms. The fourth-order valence-electron chi connectivity index (χ4n) is 4.97. The number of rotatable bonds is 5. The maximum absolute atomic E-state index is 5.50. The lowest BCUT2D eigenvalue weighted by molar-refractivity contribution is 0.0303. The quantitative estimate of drug-likeness (QED) is 0.582. The Balaban J connectivity index is 1.21. The molecule has 5 nitrogen and oxygen atoms in total. The Morgan fingerprint density at radius 1 is 1.23 bits per heavy atom. The molecular weight excluding hydrogens is 410 g/mol. The molecule has 0 amide bonds. The van der Waals surface area contributed by atoms with Crippen molar-refractivity contribution in [3.05, 3.63) is 59.6 Å². The Hall–Kier alpha value is -2.22. The van der Waals surface area contributed by atoms with Crippen molar-refractivity contribution in [3.63, 3.8) is 0 Å². The van der Waals surface area contributed by atoms with Crippen LogP contribution in [0.15, 0.2) is 53.9 Å². The lowest BCUT2D eigenvalue weighted by Crippen LogP contribution is -2.56. The van der Waals surface area contributed by atoms with Crippen molar-refractivity contribution in [1.29, 1.82) is 0 Å². The summed E-state index contributed by atoms with van der Waals surface area (Å²) >= 11 is 7.26. The van der Waals surface area contributed by atoms with Crippen molar-refractivity contribution in [2.75, 3.05) is 25.0 Å². The molecule has 1 aromatic carbocycles. The van der Waals surface area contributed by atoms with Crippen LogP contribution in [-0.4, -0.2) is 45.5 Å². The first-order valence-corrected chi connectivity index (χ1v) is 11.9. The van der Waals surface area contributed by atoms with Gasteiger partial charge in [-0.25, -0.2) is 0 Å². The van der Waals surface area contributed by atoms with Crippen molar-refractivity contribution in [2.45, 2.75) is 24.8 Å². The third-order valence-corrected chi connectivity index (χ3v) is 7.62. The lowest BCUT2D eigenvalue weighted by Gasteiger charge is -2.50. The van der Waals surface area contributed by atoms with Crippen LogP contribution in [-0.2, 0) is 7.05 Å². The maximum atomic E-state index is 5.50. The summed E-state index contributed by atoms with van der Waals surface area (Å²) in [5.74, 6) is 1.28. The summed E-state index contributed by atoms with van der Waals surface area (Å²) < 4.78 is 2.10. The van der Waals surface area contributed by atoms with Gasteiger partial charge in [0, 0.05) is 43.5 Å². The van der Waals surface area contributed by atoms with E-state index in [0.29, 0.717) is 23.0 Å². The van der Waals surface area contributed by atoms with Gasteiger partial charge < -0.3 is 10.6 Å². The van der Waals surface area contributed by atoms with Gasteiger partial charge in [-0.15, -0.1) is 11.3 Å². The Kier molecular flexibility index (Phi) is 5.58. The number of aryl methyl sites for hydroxylation is 1. The highest BCUT2D eigenvalue weighted by atomic mass is 32.1. The van der Waals surface area contributed by atoms with Crippen molar-refractivity contribution in [1.82, 2.24) is 20.0 Å². The van der Waals surface area contributed by atoms with Gasteiger partial charge >= 0.3 is 0 Å². The van der Waals surface area contributed by atoms with E-state index in [1.54, 1.807) is 11.3 Å². The van der Waals surface area contributed by atoms with E-state index in [-0.39, 0.29) is 0 Å². The molecule has 0 radical (unpaired) electrons. The molecule has 0 aliphatic carbocycles. The molecule has 30 heavy (non-hydrogen) atoms. The SMILES string of the molecule is Cn1nc(-c2cccs2)cc1[C@H]1CN2CC[C@H]1C[C@@H]2CNC(=S)Nc1ccccc1. The van der Waals surface area contributed by atoms with Crippen LogP contribution in [0.5, 0.6) is 0 Å². The van der Waals surface area contributed by atoms with Crippen molar-refractivity contribution < 1.29 is 0 Å². The third kappa shape index (κ3) is 4.02. The Morgan fingerprint density at radius 3 is 2.83 bits per heavy atom. The fourth-order valence-corrected chi connectivity index (χ4v) is 5.85. The van der Waals surface area contributed by atoms with Crippen LogP contribution in [0.4, 0.5) is 5.69 Å². The van der Waals surface area contributed by atoms with Gasteiger partial charge in [0.1, 0.15) is 5.69 Å². The summed E-state index contributed by atoms with van der Waals surface area (Å²) in [5, 5.41) is 14.3. The second-order valence-corrected chi connectivity index (χ2v) is 9.65. The predicted molar refractivity (Wildman–Crippen MR) is 128 cm³/mol. The number of hydrogen-bond donors (Lipinski definition) is 2. The average Bonchev–Trinajstić information content (AvgIpc) is 3.43. The summed E-state index contributed by atoms with van der Waals surface area (Å²) in [5.41, 5.74) is 3.51. The van der Waals surface area contributed by atoms with Crippen molar-refractivity contribution in [3.8, 4) is 10.6 Å². The first-order chi connectivity index (χ1) is 14.7. The number of nitrogens with one attached hydrogen (secondary N) is 2. The molecule has 3 aliphatic rings. The van der Waals surface area contributed by atoms with Crippen LogP contribution >= 0.6 is 23.6 Å². The largest absolute Gasteiger partial charge is 0.361 e. The van der Waals surface area contributed by atoms with Crippen molar-refractivity contribution in [2.24, 2.45) is 13.0 Å². The van der Waals surface area contributed by atoms with Gasteiger partial charge in [-0.05, 0) is 67.2 Å². The number of thiophene rings is 1. The van der Waals surface area contributed by atoms with Gasteiger partial charge in [0.2, 0.25) is 0 Å². The van der Waals surface area contributed by atoms with Crippen molar-refractivity contribution >= 4 is 34.4 Å². The zero-order valence-electron chi connectivity index (χ0n) is 17.1. The number of para-hydroxylation sites is 1. The van der Waals surface area contributed by atoms with Crippen LogP contribution < -0.4 is 10.6 Å². The van der Waals surface area contributed by atoms with Gasteiger partial charge in [-0.2, -0.15) is 5.10 Å². The van der Waals surface area contributed by atoms with Crippen LogP contribution in [0.1, 0.15) is 24.5 Å². The van der Waals surface area contributed by atoms with Gasteiger partial charge in [0.25, 0.3) is 0 Å². The molecule has 4 atom stereocenters. The molecule has 3 fully saturated rings. The van der Waals surface area contributed by atoms with Gasteiger partial charge in [0.15, 0.2) is 5.11 Å². The third-order valence-electron chi connectivity index (χ3n) is 6.48. The lowest BCUT2D eigenvalue weighted by atomic mass is 9.74. The molecule has 2 N–H and O–H groups in total. The van der Waals surface area contributed by atoms with E-state index in [1.165, 1.54) is 30.0 Å². The Labute approximate surface area is 187 Å². The molecule has 1 unspecified atom stereocenters. The minimum atomic E-state index is 0.542. The highest BCUT2D eigenvalue weighted by molar-refractivity contribution is 7.80. The zero-order valence-corrected chi connectivity index (χ0v) is 18.8. The van der Waals surface area contributed by atoms with E-state index in [9.17, 15) is 0 Å². The maximum Gasteiger partial charge on any atom is 0.170 e. The van der Waals surface area contributed by atoms with Gasteiger partial charge in [0.05, 0.1) is 4.88 Å². The number of piperidine rings is 3. The minimum absolute atomic E-state index is 0.542. The van der Waals surface area contributed by atoms with Crippen LogP contribution in [0.25, 0.3) is 10.6 Å². The summed E-state index contributed by atoms with van der Waals surface area (Å²) in [6.07, 6.45) is 2.48. The van der Waals surface area contributed by atoms with Crippen LogP contribution in [0.2, 0.25) is 0 Å². The summed E-state index contributed by atoms with van der Waals surface area (Å²) in [6.45, 7) is 3.19. The minimum Gasteiger partial charge on any atom is -0.361 e. The predicted octanol–water partition coefficient (Wildman–Crippen LogP) is 4.31. The Bertz CT molecular complexity index is 998. The zero-order chi connectivity index (χ0) is 20.5. The van der Waals surface area contributed by atoms with E-state index in [1.807, 2.05) is 30.3 Å². The number of aromatic nitrogens is 2. The summed E-state index contributed by atoms with van der Waals surface area (Å²) in [6, 6.07) is 17.2. The molecule has 3 aliphatic heterocycles. The summed E-state index contributed by atoms with van der Waals surface area (Å²) in [7, 11) is 2.09. The highest BCUT2D eigenvalue weighted by Crippen LogP contribution is 2.42. The molecule has 3 saturated heterocycles. The molecule has 5 heterocycles. The first-order valence-electron chi connectivity index (χ1n) is 10.6. The van der Waals surface area contributed by atoms with E-state index < -0.39 is 0 Å². The molecule has 0 saturated carbocycles. The number of hydrogen-bond acceptors (Lipinski definition) is 4. The average molecular weight is 438 g/mol. The fraction of sp³-hybridized carbons (Fsp3) is 0.391. The van der Waals surface area contributed by atoms with Gasteiger partial charge in [-0.3, -0.25) is 9.58 Å². The van der Waals surface area contributed by atoms with Crippen LogP contribution in [0.3, 0.4) is 0 Å². The molecule has 3 aromatic rings. The second kappa shape index (κ2) is 8.49.